The van der Waals surface area contributed by atoms with Crippen molar-refractivity contribution in [2.75, 3.05) is 6.54 Å². The number of carbonyl (C=O) groups is 1. The van der Waals surface area contributed by atoms with Crippen LogP contribution in [0, 0.1) is 0 Å². The van der Waals surface area contributed by atoms with E-state index in [0.29, 0.717) is 17.4 Å². The zero-order valence-corrected chi connectivity index (χ0v) is 13.7. The van der Waals surface area contributed by atoms with Crippen molar-refractivity contribution in [3.8, 4) is 0 Å². The number of benzene rings is 2. The molecule has 2 aromatic carbocycles. The second kappa shape index (κ2) is 6.47. The molecule has 0 N–H and O–H groups in total. The van der Waals surface area contributed by atoms with E-state index in [4.69, 9.17) is 0 Å². The average Bonchev–Trinajstić information content (AvgIpc) is 3.15. The van der Waals surface area contributed by atoms with Gasteiger partial charge in [-0.1, -0.05) is 47.7 Å². The molecule has 1 amide bonds. The monoisotopic (exact) mass is 334 g/mol. The van der Waals surface area contributed by atoms with Gasteiger partial charge in [-0.05, 0) is 30.5 Å². The Hall–Kier alpha value is -3.02. The molecule has 6 heteroatoms. The molecular formula is C19H18N4O2. The molecule has 25 heavy (non-hydrogen) atoms. The number of amides is 1. The first-order chi connectivity index (χ1) is 12.2. The molecule has 1 aliphatic rings. The van der Waals surface area contributed by atoms with E-state index >= 15 is 0 Å². The molecule has 0 spiro atoms. The number of hydrogen-bond acceptors (Lipinski definition) is 4. The summed E-state index contributed by atoms with van der Waals surface area (Å²) in [6.07, 6.45) is 1.90. The Balaban J connectivity index is 1.60. The Bertz CT molecular complexity index is 968. The number of nitrogens with zero attached hydrogens (tertiary/aromatic N) is 4. The zero-order valence-electron chi connectivity index (χ0n) is 13.7. The maximum absolute atomic E-state index is 12.8. The zero-order chi connectivity index (χ0) is 17.2. The summed E-state index contributed by atoms with van der Waals surface area (Å²) in [6.45, 7) is 0.619. The van der Waals surface area contributed by atoms with E-state index in [1.165, 1.54) is 0 Å². The van der Waals surface area contributed by atoms with Gasteiger partial charge in [-0.15, -0.1) is 5.10 Å². The van der Waals surface area contributed by atoms with Crippen LogP contribution in [0.4, 0.5) is 0 Å². The molecule has 1 fully saturated rings. The number of likely N-dealkylation sites (tertiary alicyclic amines) is 1. The number of hydrogen-bond donors (Lipinski definition) is 0. The third-order valence-electron chi connectivity index (χ3n) is 4.67. The van der Waals surface area contributed by atoms with Crippen LogP contribution in [0.15, 0.2) is 59.4 Å². The van der Waals surface area contributed by atoms with Crippen LogP contribution >= 0.6 is 0 Å². The van der Waals surface area contributed by atoms with Gasteiger partial charge in [0.2, 0.25) is 5.91 Å². The van der Waals surface area contributed by atoms with Gasteiger partial charge < -0.3 is 4.90 Å². The first-order valence-electron chi connectivity index (χ1n) is 8.41. The lowest BCUT2D eigenvalue weighted by Gasteiger charge is -2.25. The standard InChI is InChI=1S/C19H18N4O2/c24-18(22-12-6-11-17(22)14-7-2-1-3-8-14)13-23-19(25)15-9-4-5-10-16(15)20-21-23/h1-5,7-10,17H,6,11-13H2. The summed E-state index contributed by atoms with van der Waals surface area (Å²) in [5.74, 6) is -0.0990. The van der Waals surface area contributed by atoms with Gasteiger partial charge in [0.25, 0.3) is 5.56 Å². The highest BCUT2D eigenvalue weighted by molar-refractivity contribution is 5.79. The van der Waals surface area contributed by atoms with Crippen LogP contribution in [0.25, 0.3) is 10.9 Å². The summed E-state index contributed by atoms with van der Waals surface area (Å²) < 4.78 is 1.16. The van der Waals surface area contributed by atoms with E-state index in [-0.39, 0.29) is 24.1 Å². The molecule has 1 aliphatic heterocycles. The molecular weight excluding hydrogens is 316 g/mol. The van der Waals surface area contributed by atoms with Gasteiger partial charge >= 0.3 is 0 Å². The highest BCUT2D eigenvalue weighted by atomic mass is 16.2. The van der Waals surface area contributed by atoms with Crippen LogP contribution in [0.1, 0.15) is 24.4 Å². The molecule has 0 bridgehead atoms. The maximum atomic E-state index is 12.8. The quantitative estimate of drug-likeness (QED) is 0.736. The minimum atomic E-state index is -0.283. The van der Waals surface area contributed by atoms with Crippen LogP contribution in [-0.2, 0) is 11.3 Å². The number of carbonyl (C=O) groups excluding carboxylic acids is 1. The van der Waals surface area contributed by atoms with Gasteiger partial charge in [0.05, 0.1) is 11.4 Å². The van der Waals surface area contributed by atoms with Crippen molar-refractivity contribution >= 4 is 16.8 Å². The largest absolute Gasteiger partial charge is 0.334 e. The van der Waals surface area contributed by atoms with E-state index in [0.717, 1.165) is 23.1 Å². The maximum Gasteiger partial charge on any atom is 0.278 e. The Morgan fingerprint density at radius 3 is 2.68 bits per heavy atom. The highest BCUT2D eigenvalue weighted by Gasteiger charge is 2.30. The second-order valence-corrected chi connectivity index (χ2v) is 6.23. The molecule has 1 unspecified atom stereocenters. The topological polar surface area (TPSA) is 68.1 Å². The summed E-state index contributed by atoms with van der Waals surface area (Å²) in [4.78, 5) is 27.2. The SMILES string of the molecule is O=C(Cn1nnc2ccccc2c1=O)N1CCCC1c1ccccc1. The van der Waals surface area contributed by atoms with E-state index in [1.807, 2.05) is 35.2 Å². The van der Waals surface area contributed by atoms with Crippen LogP contribution in [0.3, 0.4) is 0 Å². The van der Waals surface area contributed by atoms with Gasteiger partial charge in [-0.2, -0.15) is 0 Å². The summed E-state index contributed by atoms with van der Waals surface area (Å²) in [7, 11) is 0. The fourth-order valence-electron chi connectivity index (χ4n) is 3.43. The Kier molecular flexibility index (Phi) is 4.01. The fraction of sp³-hybridized carbons (Fsp3) is 0.263. The third kappa shape index (κ3) is 2.91. The van der Waals surface area contributed by atoms with Crippen LogP contribution < -0.4 is 5.56 Å². The van der Waals surface area contributed by atoms with Crippen LogP contribution in [-0.4, -0.2) is 32.3 Å². The molecule has 126 valence electrons. The lowest BCUT2D eigenvalue weighted by Crippen LogP contribution is -2.37. The van der Waals surface area contributed by atoms with E-state index < -0.39 is 0 Å². The first kappa shape index (κ1) is 15.5. The molecule has 1 aromatic heterocycles. The fourth-order valence-corrected chi connectivity index (χ4v) is 3.43. The highest BCUT2D eigenvalue weighted by Crippen LogP contribution is 2.31. The number of rotatable bonds is 3. The normalized spacial score (nSPS) is 17.1. The Morgan fingerprint density at radius 2 is 1.84 bits per heavy atom. The van der Waals surface area contributed by atoms with Crippen LogP contribution in [0.2, 0.25) is 0 Å². The molecule has 0 radical (unpaired) electrons. The van der Waals surface area contributed by atoms with Crippen LogP contribution in [0.5, 0.6) is 0 Å². The number of fused-ring (bicyclic) bond motifs is 1. The van der Waals surface area contributed by atoms with E-state index in [2.05, 4.69) is 10.3 Å². The molecule has 1 saturated heterocycles. The predicted molar refractivity (Wildman–Crippen MR) is 93.9 cm³/mol. The van der Waals surface area contributed by atoms with Crippen molar-refractivity contribution in [1.29, 1.82) is 0 Å². The molecule has 2 heterocycles. The van der Waals surface area contributed by atoms with E-state index in [1.54, 1.807) is 24.3 Å². The molecule has 4 rings (SSSR count). The lowest BCUT2D eigenvalue weighted by molar-refractivity contribution is -0.133. The van der Waals surface area contributed by atoms with Gasteiger partial charge in [0, 0.05) is 6.54 Å². The van der Waals surface area contributed by atoms with Crippen molar-refractivity contribution in [3.63, 3.8) is 0 Å². The smallest absolute Gasteiger partial charge is 0.278 e. The Morgan fingerprint density at radius 1 is 1.08 bits per heavy atom. The summed E-state index contributed by atoms with van der Waals surface area (Å²) in [6, 6.07) is 17.1. The number of aromatic nitrogens is 3. The minimum Gasteiger partial charge on any atom is -0.334 e. The van der Waals surface area contributed by atoms with E-state index in [9.17, 15) is 9.59 Å². The lowest BCUT2D eigenvalue weighted by atomic mass is 10.0. The second-order valence-electron chi connectivity index (χ2n) is 6.23. The van der Waals surface area contributed by atoms with Gasteiger partial charge in [0.15, 0.2) is 0 Å². The first-order valence-corrected chi connectivity index (χ1v) is 8.41. The summed E-state index contributed by atoms with van der Waals surface area (Å²) in [5.41, 5.74) is 1.39. The van der Waals surface area contributed by atoms with Gasteiger partial charge in [-0.3, -0.25) is 9.59 Å². The minimum absolute atomic E-state index is 0.0674. The summed E-state index contributed by atoms with van der Waals surface area (Å²) in [5, 5.41) is 8.44. The average molecular weight is 334 g/mol. The van der Waals surface area contributed by atoms with Crippen molar-refractivity contribution in [2.24, 2.45) is 0 Å². The van der Waals surface area contributed by atoms with Crippen molar-refractivity contribution < 1.29 is 4.79 Å². The molecule has 0 aliphatic carbocycles. The van der Waals surface area contributed by atoms with Crippen molar-refractivity contribution in [2.45, 2.75) is 25.4 Å². The summed E-state index contributed by atoms with van der Waals surface area (Å²) >= 11 is 0. The predicted octanol–water partition coefficient (Wildman–Crippen LogP) is 2.16. The van der Waals surface area contributed by atoms with Crippen molar-refractivity contribution in [1.82, 2.24) is 19.9 Å². The van der Waals surface area contributed by atoms with Gasteiger partial charge in [-0.25, -0.2) is 4.68 Å². The molecule has 6 nitrogen and oxygen atoms in total. The van der Waals surface area contributed by atoms with Gasteiger partial charge in [0.1, 0.15) is 12.1 Å². The third-order valence-corrected chi connectivity index (χ3v) is 4.67. The Labute approximate surface area is 144 Å². The molecule has 3 aromatic rings. The molecule has 1 atom stereocenters. The van der Waals surface area contributed by atoms with Crippen molar-refractivity contribution in [3.05, 3.63) is 70.5 Å². The molecule has 0 saturated carbocycles.